The van der Waals surface area contributed by atoms with Crippen molar-refractivity contribution in [3.05, 3.63) is 30.0 Å². The van der Waals surface area contributed by atoms with Gasteiger partial charge in [0.1, 0.15) is 5.75 Å². The van der Waals surface area contributed by atoms with Crippen molar-refractivity contribution < 1.29 is 14.7 Å². The van der Waals surface area contributed by atoms with Crippen LogP contribution in [-0.2, 0) is 4.79 Å². The summed E-state index contributed by atoms with van der Waals surface area (Å²) in [7, 11) is 0. The molecular formula is C21H24N4O3. The number of aromatic hydroxyl groups is 1. The molecule has 0 saturated heterocycles. The summed E-state index contributed by atoms with van der Waals surface area (Å²) in [5.74, 6) is 0.486. The van der Waals surface area contributed by atoms with Crippen LogP contribution in [0.2, 0.25) is 0 Å². The minimum atomic E-state index is -0.191. The van der Waals surface area contributed by atoms with Gasteiger partial charge in [-0.2, -0.15) is 9.78 Å². The maximum atomic E-state index is 12.6. The first-order chi connectivity index (χ1) is 13.6. The molecule has 1 heterocycles. The van der Waals surface area contributed by atoms with Gasteiger partial charge in [-0.25, -0.2) is 4.79 Å². The van der Waals surface area contributed by atoms with E-state index < -0.39 is 0 Å². The molecule has 0 bridgehead atoms. The van der Waals surface area contributed by atoms with Crippen molar-refractivity contribution in [2.75, 3.05) is 5.32 Å². The lowest BCUT2D eigenvalue weighted by molar-refractivity contribution is -0.117. The summed E-state index contributed by atoms with van der Waals surface area (Å²) in [6.45, 7) is 0. The minimum absolute atomic E-state index is 0.000412. The average molecular weight is 380 g/mol. The lowest BCUT2D eigenvalue weighted by Crippen LogP contribution is -2.33. The second-order valence-electron chi connectivity index (χ2n) is 8.21. The van der Waals surface area contributed by atoms with E-state index in [2.05, 4.69) is 15.7 Å². The van der Waals surface area contributed by atoms with Crippen molar-refractivity contribution in [1.29, 1.82) is 0 Å². The number of hydrogen-bond donors (Lipinski definition) is 3. The van der Waals surface area contributed by atoms with Gasteiger partial charge in [-0.1, -0.05) is 6.42 Å². The Morgan fingerprint density at radius 3 is 2.46 bits per heavy atom. The van der Waals surface area contributed by atoms with E-state index in [1.54, 1.807) is 18.2 Å². The number of aromatic nitrogens is 2. The highest BCUT2D eigenvalue weighted by Crippen LogP contribution is 2.39. The summed E-state index contributed by atoms with van der Waals surface area (Å²) >= 11 is 0. The van der Waals surface area contributed by atoms with Crippen LogP contribution in [0.25, 0.3) is 11.3 Å². The van der Waals surface area contributed by atoms with E-state index in [1.807, 2.05) is 6.07 Å². The number of nitrogens with one attached hydrogen (secondary N) is 2. The number of anilines is 1. The highest BCUT2D eigenvalue weighted by Gasteiger charge is 2.31. The molecule has 0 aliphatic heterocycles. The van der Waals surface area contributed by atoms with Gasteiger partial charge in [-0.3, -0.25) is 4.79 Å². The quantitative estimate of drug-likeness (QED) is 0.738. The van der Waals surface area contributed by atoms with Crippen molar-refractivity contribution in [2.24, 2.45) is 5.92 Å². The first kappa shape index (κ1) is 17.3. The highest BCUT2D eigenvalue weighted by atomic mass is 16.3. The molecule has 28 heavy (non-hydrogen) atoms. The van der Waals surface area contributed by atoms with Crippen LogP contribution in [-0.4, -0.2) is 32.9 Å². The molecule has 146 valence electrons. The second kappa shape index (κ2) is 6.65. The molecule has 3 saturated carbocycles. The molecule has 0 atom stereocenters. The molecule has 2 aromatic rings. The third kappa shape index (κ3) is 3.37. The predicted molar refractivity (Wildman–Crippen MR) is 104 cm³/mol. The van der Waals surface area contributed by atoms with Gasteiger partial charge < -0.3 is 15.7 Å². The fourth-order valence-electron chi connectivity index (χ4n) is 3.56. The third-order valence-electron chi connectivity index (χ3n) is 5.85. The Hall–Kier alpha value is -2.83. The Kier molecular flexibility index (Phi) is 4.10. The topological polar surface area (TPSA) is 96.3 Å². The van der Waals surface area contributed by atoms with E-state index in [-0.39, 0.29) is 29.6 Å². The van der Waals surface area contributed by atoms with Gasteiger partial charge in [0.15, 0.2) is 0 Å². The van der Waals surface area contributed by atoms with E-state index in [9.17, 15) is 14.7 Å². The molecule has 5 rings (SSSR count). The zero-order valence-electron chi connectivity index (χ0n) is 15.6. The number of benzene rings is 1. The molecular weight excluding hydrogens is 356 g/mol. The Morgan fingerprint density at radius 2 is 1.86 bits per heavy atom. The van der Waals surface area contributed by atoms with Crippen molar-refractivity contribution >= 4 is 17.6 Å². The highest BCUT2D eigenvalue weighted by molar-refractivity contribution is 5.94. The average Bonchev–Trinajstić information content (AvgIpc) is 3.53. The van der Waals surface area contributed by atoms with Crippen LogP contribution >= 0.6 is 0 Å². The molecule has 0 spiro atoms. The van der Waals surface area contributed by atoms with E-state index in [1.165, 1.54) is 4.68 Å². The van der Waals surface area contributed by atoms with E-state index >= 15 is 0 Å². The summed E-state index contributed by atoms with van der Waals surface area (Å²) in [6.07, 6.45) is 7.18. The first-order valence-electron chi connectivity index (χ1n) is 10.1. The smallest absolute Gasteiger partial charge is 0.342 e. The van der Waals surface area contributed by atoms with E-state index in [0.29, 0.717) is 22.9 Å². The van der Waals surface area contributed by atoms with Crippen molar-refractivity contribution in [1.82, 2.24) is 15.1 Å². The first-order valence-corrected chi connectivity index (χ1v) is 10.1. The number of carbonyl (C=O) groups excluding carboxylic acids is 2. The van der Waals surface area contributed by atoms with Crippen LogP contribution in [0, 0.1) is 5.92 Å². The van der Waals surface area contributed by atoms with Crippen LogP contribution in [0.15, 0.2) is 24.3 Å². The zero-order valence-corrected chi connectivity index (χ0v) is 15.6. The second-order valence-corrected chi connectivity index (χ2v) is 8.21. The Morgan fingerprint density at radius 1 is 1.07 bits per heavy atom. The number of phenols is 1. The van der Waals surface area contributed by atoms with Gasteiger partial charge in [-0.05, 0) is 56.7 Å². The number of carbonyl (C=O) groups is 2. The Bertz CT molecular complexity index is 939. The van der Waals surface area contributed by atoms with Crippen LogP contribution in [0.5, 0.6) is 5.75 Å². The normalized spacial score (nSPS) is 19.1. The number of rotatable bonds is 5. The number of nitrogens with zero attached hydrogens (tertiary/aromatic N) is 2. The molecule has 7 heteroatoms. The summed E-state index contributed by atoms with van der Waals surface area (Å²) in [6, 6.07) is 7.03. The van der Waals surface area contributed by atoms with E-state index in [0.717, 1.165) is 50.6 Å². The SMILES string of the molecule is O=C(Nc1ccc(-c2cc(C3CCC3)n(C(=O)NC3CC3)n2)c(O)c1)C1CC1. The van der Waals surface area contributed by atoms with Crippen LogP contribution in [0.3, 0.4) is 0 Å². The summed E-state index contributed by atoms with van der Waals surface area (Å²) < 4.78 is 1.47. The molecule has 3 fully saturated rings. The standard InChI is InChI=1S/C21H24N4O3/c26-19-10-15(22-20(27)13-4-5-13)8-9-16(19)17-11-18(12-2-1-3-12)25(24-17)21(28)23-14-6-7-14/h8-14,26H,1-7H2,(H,22,27)(H,23,28). The van der Waals surface area contributed by atoms with Gasteiger partial charge in [0.25, 0.3) is 0 Å². The molecule has 1 aromatic carbocycles. The molecule has 1 aromatic heterocycles. The molecule has 0 radical (unpaired) electrons. The fourth-order valence-corrected chi connectivity index (χ4v) is 3.56. The van der Waals surface area contributed by atoms with Crippen molar-refractivity contribution in [2.45, 2.75) is 56.9 Å². The number of amides is 2. The van der Waals surface area contributed by atoms with Gasteiger partial charge in [0, 0.05) is 35.2 Å². The molecule has 3 N–H and O–H groups in total. The lowest BCUT2D eigenvalue weighted by Gasteiger charge is -2.25. The molecule has 3 aliphatic rings. The predicted octanol–water partition coefficient (Wildman–Crippen LogP) is 3.59. The summed E-state index contributed by atoms with van der Waals surface area (Å²) in [4.78, 5) is 24.5. The molecule has 7 nitrogen and oxygen atoms in total. The Labute approximate surface area is 163 Å². The zero-order chi connectivity index (χ0) is 19.3. The van der Waals surface area contributed by atoms with Crippen molar-refractivity contribution in [3.8, 4) is 17.0 Å². The monoisotopic (exact) mass is 380 g/mol. The van der Waals surface area contributed by atoms with Gasteiger partial charge in [0.05, 0.1) is 11.4 Å². The number of hydrogen-bond acceptors (Lipinski definition) is 4. The molecule has 2 amide bonds. The fraction of sp³-hybridized carbons (Fsp3) is 0.476. The van der Waals surface area contributed by atoms with Crippen LogP contribution in [0.1, 0.15) is 56.6 Å². The minimum Gasteiger partial charge on any atom is -0.507 e. The van der Waals surface area contributed by atoms with Crippen molar-refractivity contribution in [3.63, 3.8) is 0 Å². The molecule has 0 unspecified atom stereocenters. The number of phenolic OH excluding ortho intramolecular Hbond substituents is 1. The Balaban J connectivity index is 1.42. The molecule has 3 aliphatic carbocycles. The van der Waals surface area contributed by atoms with Gasteiger partial charge in [-0.15, -0.1) is 0 Å². The third-order valence-corrected chi connectivity index (χ3v) is 5.85. The van der Waals surface area contributed by atoms with Crippen LogP contribution in [0.4, 0.5) is 10.5 Å². The largest absolute Gasteiger partial charge is 0.507 e. The maximum absolute atomic E-state index is 12.6. The van der Waals surface area contributed by atoms with E-state index in [4.69, 9.17) is 0 Å². The summed E-state index contributed by atoms with van der Waals surface area (Å²) in [5, 5.41) is 20.9. The van der Waals surface area contributed by atoms with Crippen LogP contribution < -0.4 is 10.6 Å². The van der Waals surface area contributed by atoms with Gasteiger partial charge in [0.2, 0.25) is 5.91 Å². The summed E-state index contributed by atoms with van der Waals surface area (Å²) in [5.41, 5.74) is 2.61. The maximum Gasteiger partial charge on any atom is 0.342 e. The lowest BCUT2D eigenvalue weighted by atomic mass is 9.82. The van der Waals surface area contributed by atoms with Gasteiger partial charge >= 0.3 is 6.03 Å².